The van der Waals surface area contributed by atoms with Crippen LogP contribution in [0.1, 0.15) is 114 Å². The fourth-order valence-corrected chi connectivity index (χ4v) is 9.92. The predicted octanol–water partition coefficient (Wildman–Crippen LogP) is 4.29. The first-order valence-corrected chi connectivity index (χ1v) is 24.4. The number of amides is 6. The Morgan fingerprint density at radius 3 is 2.40 bits per heavy atom. The van der Waals surface area contributed by atoms with Gasteiger partial charge in [0.2, 0.25) is 35.4 Å². The quantitative estimate of drug-likeness (QED) is 0.0654. The lowest BCUT2D eigenvalue weighted by Crippen LogP contribution is -2.57. The molecule has 0 radical (unpaired) electrons. The largest absolute Gasteiger partial charge is 0.391 e. The summed E-state index contributed by atoms with van der Waals surface area (Å²) in [5.41, 5.74) is 18.4. The molecule has 0 spiro atoms. The number of primary amides is 1. The van der Waals surface area contributed by atoms with Crippen LogP contribution in [0, 0.1) is 12.3 Å². The molecule has 17 heteroatoms. The summed E-state index contributed by atoms with van der Waals surface area (Å²) < 4.78 is 5.88. The molecule has 2 aromatic carbocycles. The maximum atomic E-state index is 14.1. The summed E-state index contributed by atoms with van der Waals surface area (Å²) in [6.07, 6.45) is 8.18. The van der Waals surface area contributed by atoms with Crippen LogP contribution in [0.2, 0.25) is 0 Å². The Labute approximate surface area is 397 Å². The van der Waals surface area contributed by atoms with Gasteiger partial charge in [0, 0.05) is 32.2 Å². The van der Waals surface area contributed by atoms with E-state index < -0.39 is 53.5 Å². The van der Waals surface area contributed by atoms with E-state index in [0.717, 1.165) is 57.8 Å². The third-order valence-corrected chi connectivity index (χ3v) is 13.8. The van der Waals surface area contributed by atoms with Crippen molar-refractivity contribution in [2.45, 2.75) is 148 Å². The number of aliphatic hydroxyl groups excluding tert-OH is 1. The maximum absolute atomic E-state index is 14.1. The zero-order valence-corrected chi connectivity index (χ0v) is 40.2. The summed E-state index contributed by atoms with van der Waals surface area (Å²) >= 11 is 1.57. The van der Waals surface area contributed by atoms with Gasteiger partial charge in [-0.2, -0.15) is 0 Å². The van der Waals surface area contributed by atoms with Gasteiger partial charge in [-0.15, -0.1) is 11.3 Å². The van der Waals surface area contributed by atoms with E-state index in [1.54, 1.807) is 16.2 Å². The smallest absolute Gasteiger partial charge is 0.246 e. The Balaban J connectivity index is 0.912. The van der Waals surface area contributed by atoms with Crippen LogP contribution in [0.5, 0.6) is 0 Å². The summed E-state index contributed by atoms with van der Waals surface area (Å²) in [7, 11) is 0. The number of benzene rings is 2. The van der Waals surface area contributed by atoms with Gasteiger partial charge >= 0.3 is 0 Å². The Morgan fingerprint density at radius 2 is 1.70 bits per heavy atom. The normalized spacial score (nSPS) is 20.6. The molecule has 3 aromatic rings. The van der Waals surface area contributed by atoms with Crippen LogP contribution in [-0.2, 0) is 46.3 Å². The lowest BCUT2D eigenvalue weighted by Gasteiger charge is -2.35. The molecule has 0 saturated carbocycles. The lowest BCUT2D eigenvalue weighted by atomic mass is 9.85. The van der Waals surface area contributed by atoms with Gasteiger partial charge in [-0.1, -0.05) is 81.8 Å². The van der Waals surface area contributed by atoms with E-state index in [-0.39, 0.29) is 75.1 Å². The van der Waals surface area contributed by atoms with Gasteiger partial charge in [0.15, 0.2) is 0 Å². The van der Waals surface area contributed by atoms with Crippen LogP contribution in [0.3, 0.4) is 0 Å². The van der Waals surface area contributed by atoms with Crippen molar-refractivity contribution in [2.24, 2.45) is 16.9 Å². The summed E-state index contributed by atoms with van der Waals surface area (Å²) in [5, 5.41) is 19.6. The highest BCUT2D eigenvalue weighted by molar-refractivity contribution is 7.13. The molecule has 7 atom stereocenters. The minimum absolute atomic E-state index is 0.00365. The van der Waals surface area contributed by atoms with Gasteiger partial charge in [-0.05, 0) is 80.0 Å². The van der Waals surface area contributed by atoms with Crippen LogP contribution in [0.4, 0.5) is 5.69 Å². The van der Waals surface area contributed by atoms with Crippen molar-refractivity contribution < 1.29 is 38.6 Å². The average molecular weight is 941 g/mol. The number of nitrogens with one attached hydrogen (secondary N) is 3. The third kappa shape index (κ3) is 13.2. The van der Waals surface area contributed by atoms with Gasteiger partial charge in [-0.3, -0.25) is 33.7 Å². The Morgan fingerprint density at radius 1 is 0.970 bits per heavy atom. The van der Waals surface area contributed by atoms with E-state index >= 15 is 0 Å². The van der Waals surface area contributed by atoms with E-state index in [1.165, 1.54) is 4.90 Å². The van der Waals surface area contributed by atoms with Crippen molar-refractivity contribution in [2.75, 3.05) is 24.7 Å². The van der Waals surface area contributed by atoms with Gasteiger partial charge < -0.3 is 42.2 Å². The van der Waals surface area contributed by atoms with Crippen molar-refractivity contribution in [1.82, 2.24) is 25.8 Å². The van der Waals surface area contributed by atoms with Crippen molar-refractivity contribution >= 4 is 52.5 Å². The summed E-state index contributed by atoms with van der Waals surface area (Å²) in [5.74, 6) is -2.12. The zero-order chi connectivity index (χ0) is 48.4. The standard InChI is InChI=1S/C50H68N8O8S/c1-30(32-16-18-34(19-17-32)44-31(2)53-29-67-44)54-46(62)39-26-37(59)27-57(39)49(65)45(50(3,4)5)56-42(61)15-10-8-6-7-9-11-24-66-28-36(21-23-41(52)60)55-47(63)40-25-35-14-12-13-33-20-22-38(51)48(64)58(40)43(33)35/h9,11-14,16-19,29-30,36-40,45,59H,6-8,10,15,20-28,51H2,1-5H3,(H2,52,60)(H,54,62)(H,55,63)(H,56,61)/b11-9-/t30-,36-,37+,38-,39?,40-,45+/m0/s1. The second-order valence-electron chi connectivity index (χ2n) is 19.2. The number of hydrogen-bond acceptors (Lipinski definition) is 11. The van der Waals surface area contributed by atoms with E-state index in [2.05, 4.69) is 20.9 Å². The molecule has 67 heavy (non-hydrogen) atoms. The topological polar surface area (TPSA) is 239 Å². The van der Waals surface area contributed by atoms with Crippen LogP contribution in [0.15, 0.2) is 60.1 Å². The number of rotatable bonds is 21. The first-order chi connectivity index (χ1) is 31.9. The SMILES string of the molecule is Cc1ncsc1-c1ccc([C@H](C)NC(=O)C2C[C@@H](O)CN2C(=O)[C@@H](NC(=O)CCCCC/C=C\COC[C@H](CCC(N)=O)NC(=O)[C@@H]2Cc3cccc4c3N2C(=O)[C@@H](N)CC4)C(C)(C)C)cc1. The summed E-state index contributed by atoms with van der Waals surface area (Å²) in [6.45, 7) is 9.86. The molecule has 0 bridgehead atoms. The highest BCUT2D eigenvalue weighted by Crippen LogP contribution is 2.39. The lowest BCUT2D eigenvalue weighted by molar-refractivity contribution is -0.144. The monoisotopic (exact) mass is 940 g/mol. The molecule has 8 N–H and O–H groups in total. The maximum Gasteiger partial charge on any atom is 0.246 e. The van der Waals surface area contributed by atoms with Gasteiger partial charge in [-0.25, -0.2) is 4.98 Å². The number of thiazole rings is 1. The van der Waals surface area contributed by atoms with Crippen molar-refractivity contribution in [1.29, 1.82) is 0 Å². The molecule has 1 fully saturated rings. The Kier molecular flexibility index (Phi) is 17.5. The number of carbonyl (C=O) groups is 6. The average Bonchev–Trinajstić information content (AvgIpc) is 4.00. The fraction of sp³-hybridized carbons (Fsp3) is 0.540. The number of allylic oxidation sites excluding steroid dienone is 1. The predicted molar refractivity (Wildman–Crippen MR) is 257 cm³/mol. The number of ether oxygens (including phenoxy) is 1. The number of anilines is 1. The first-order valence-electron chi connectivity index (χ1n) is 23.5. The number of aryl methyl sites for hydroxylation is 2. The second-order valence-corrected chi connectivity index (χ2v) is 20.1. The fourth-order valence-electron chi connectivity index (χ4n) is 9.11. The number of likely N-dealkylation sites (tertiary alicyclic amines) is 1. The molecule has 3 aliphatic heterocycles. The van der Waals surface area contributed by atoms with E-state index in [9.17, 15) is 33.9 Å². The molecule has 1 unspecified atom stereocenters. The molecule has 1 saturated heterocycles. The number of nitrogens with zero attached hydrogens (tertiary/aromatic N) is 3. The molecule has 1 aromatic heterocycles. The first kappa shape index (κ1) is 50.9. The Hall–Kier alpha value is -5.49. The number of aromatic nitrogens is 1. The van der Waals surface area contributed by atoms with Gasteiger partial charge in [0.1, 0.15) is 18.1 Å². The molecular formula is C50H68N8O8S. The second kappa shape index (κ2) is 23.0. The number of unbranched alkanes of at least 4 members (excludes halogenated alkanes) is 3. The van der Waals surface area contributed by atoms with E-state index in [4.69, 9.17) is 16.2 Å². The molecule has 3 aliphatic rings. The third-order valence-electron chi connectivity index (χ3n) is 12.9. The number of hydrogen-bond donors (Lipinski definition) is 6. The van der Waals surface area contributed by atoms with Crippen LogP contribution in [0.25, 0.3) is 10.4 Å². The summed E-state index contributed by atoms with van der Waals surface area (Å²) in [4.78, 5) is 88.0. The Bertz CT molecular complexity index is 2270. The molecular weight excluding hydrogens is 873 g/mol. The summed E-state index contributed by atoms with van der Waals surface area (Å²) in [6, 6.07) is 9.70. The van der Waals surface area contributed by atoms with Gasteiger partial charge in [0.25, 0.3) is 0 Å². The molecule has 6 amide bonds. The number of aliphatic hydroxyl groups is 1. The number of nitrogens with two attached hydrogens (primary N) is 2. The van der Waals surface area contributed by atoms with Crippen LogP contribution >= 0.6 is 11.3 Å². The van der Waals surface area contributed by atoms with Crippen LogP contribution < -0.4 is 32.3 Å². The number of β-amino-alcohol motifs (C(OH)–C–C–N with tert-alkyl or cyclic N) is 1. The van der Waals surface area contributed by atoms with E-state index in [1.807, 2.05) is 94.7 Å². The zero-order valence-electron chi connectivity index (χ0n) is 39.4. The van der Waals surface area contributed by atoms with E-state index in [0.29, 0.717) is 25.7 Å². The molecule has 0 aliphatic carbocycles. The molecule has 6 rings (SSSR count). The van der Waals surface area contributed by atoms with Gasteiger partial charge in [0.05, 0.1) is 59.2 Å². The molecule has 4 heterocycles. The van der Waals surface area contributed by atoms with Crippen molar-refractivity contribution in [3.05, 3.63) is 82.5 Å². The minimum Gasteiger partial charge on any atom is -0.391 e. The molecule has 362 valence electrons. The molecule has 16 nitrogen and oxygen atoms in total. The van der Waals surface area contributed by atoms with Crippen molar-refractivity contribution in [3.8, 4) is 10.4 Å². The number of para-hydroxylation sites is 1. The van der Waals surface area contributed by atoms with Crippen molar-refractivity contribution in [3.63, 3.8) is 0 Å². The minimum atomic E-state index is -0.905. The highest BCUT2D eigenvalue weighted by atomic mass is 32.1. The number of carbonyl (C=O) groups excluding carboxylic acids is 6. The van der Waals surface area contributed by atoms with Crippen LogP contribution in [-0.4, -0.2) is 107 Å². The highest BCUT2D eigenvalue weighted by Gasteiger charge is 2.45.